The summed E-state index contributed by atoms with van der Waals surface area (Å²) < 4.78 is 37.2. The molecule has 0 bridgehead atoms. The fraction of sp³-hybridized carbons (Fsp3) is 0.400. The summed E-state index contributed by atoms with van der Waals surface area (Å²) in [5.41, 5.74) is 3.04. The van der Waals surface area contributed by atoms with Crippen LogP contribution in [-0.2, 0) is 29.0 Å². The van der Waals surface area contributed by atoms with Crippen molar-refractivity contribution in [3.63, 3.8) is 0 Å². The van der Waals surface area contributed by atoms with E-state index in [4.69, 9.17) is 4.74 Å². The molecule has 0 aliphatic carbocycles. The van der Waals surface area contributed by atoms with E-state index in [-0.39, 0.29) is 47.8 Å². The number of fused-ring (bicyclic) bond motifs is 2. The molecule has 2 saturated heterocycles. The Balaban J connectivity index is 0.988. The molecule has 1 N–H and O–H groups in total. The Bertz CT molecular complexity index is 1960. The maximum Gasteiger partial charge on any atom is 0.410 e. The first-order valence-electron chi connectivity index (χ1n) is 16.2. The Morgan fingerprint density at radius 1 is 1.08 bits per heavy atom. The monoisotopic (exact) mass is 687 g/mol. The standard InChI is InChI=1S/C35H35F2N7O4S/c1-34(2,3)48-33(47)43-17-35(18-43)15-42(16-35)23-6-4-20(5-7-23)21-10-24-25(26(37)11-21)14-44(31(24)46)29(30(45)40-32-38-8-9-49-32)28-27-12-22(36)13-41(27)19-39-28/h4-11,19,22,29H,12-18H2,1-3H3,(H,38,40,45). The number of nitrogens with one attached hydrogen (secondary N) is 1. The van der Waals surface area contributed by atoms with E-state index in [0.717, 1.165) is 24.3 Å². The van der Waals surface area contributed by atoms with Crippen LogP contribution in [0.1, 0.15) is 54.1 Å². The number of carbonyl (C=O) groups excluding carboxylic acids is 3. The summed E-state index contributed by atoms with van der Waals surface area (Å²) in [6, 6.07) is 9.62. The van der Waals surface area contributed by atoms with Crippen molar-refractivity contribution in [2.75, 3.05) is 36.4 Å². The van der Waals surface area contributed by atoms with Crippen LogP contribution >= 0.6 is 11.3 Å². The molecule has 2 unspecified atom stereocenters. The summed E-state index contributed by atoms with van der Waals surface area (Å²) in [7, 11) is 0. The van der Waals surface area contributed by atoms with Crippen LogP contribution in [0.2, 0.25) is 0 Å². The number of likely N-dealkylation sites (tertiary alicyclic amines) is 1. The first-order valence-corrected chi connectivity index (χ1v) is 17.1. The van der Waals surface area contributed by atoms with Crippen molar-refractivity contribution in [3.8, 4) is 11.1 Å². The lowest BCUT2D eigenvalue weighted by Crippen LogP contribution is -2.73. The van der Waals surface area contributed by atoms with Crippen molar-refractivity contribution in [1.29, 1.82) is 0 Å². The smallest absolute Gasteiger partial charge is 0.410 e. The number of carbonyl (C=O) groups is 3. The lowest BCUT2D eigenvalue weighted by atomic mass is 9.73. The molecule has 6 heterocycles. The van der Waals surface area contributed by atoms with Gasteiger partial charge in [-0.1, -0.05) is 12.1 Å². The number of ether oxygens (including phenoxy) is 1. The SMILES string of the molecule is CC(C)(C)OC(=O)N1CC2(C1)CN(c1ccc(-c3cc(F)c4c(c3)C(=O)N(C(C(=O)Nc3nccs3)c3ncn5c3CC(F)C5)C4)cc1)C2. The fourth-order valence-electron chi connectivity index (χ4n) is 7.38. The number of aromatic nitrogens is 3. The van der Waals surface area contributed by atoms with Gasteiger partial charge in [-0.15, -0.1) is 11.3 Å². The number of thiazole rings is 1. The van der Waals surface area contributed by atoms with Crippen molar-refractivity contribution >= 4 is 40.1 Å². The van der Waals surface area contributed by atoms with E-state index in [1.54, 1.807) is 27.1 Å². The van der Waals surface area contributed by atoms with Crippen LogP contribution in [0.3, 0.4) is 0 Å². The quantitative estimate of drug-likeness (QED) is 0.288. The Kier molecular flexibility index (Phi) is 7.28. The molecule has 4 aromatic rings. The van der Waals surface area contributed by atoms with E-state index in [1.807, 2.05) is 45.0 Å². The van der Waals surface area contributed by atoms with Crippen molar-refractivity contribution in [3.05, 3.63) is 82.6 Å². The number of amides is 3. The van der Waals surface area contributed by atoms with Gasteiger partial charge in [0, 0.05) is 72.1 Å². The van der Waals surface area contributed by atoms with E-state index in [0.29, 0.717) is 29.5 Å². The van der Waals surface area contributed by atoms with Crippen molar-refractivity contribution < 1.29 is 27.9 Å². The van der Waals surface area contributed by atoms with Gasteiger partial charge >= 0.3 is 6.09 Å². The third-order valence-corrected chi connectivity index (χ3v) is 10.3. The highest BCUT2D eigenvalue weighted by Crippen LogP contribution is 2.43. The number of nitrogens with zero attached hydrogens (tertiary/aromatic N) is 6. The van der Waals surface area contributed by atoms with Crippen LogP contribution in [0.25, 0.3) is 11.1 Å². The van der Waals surface area contributed by atoms with E-state index in [1.165, 1.54) is 28.6 Å². The van der Waals surface area contributed by atoms with Gasteiger partial charge < -0.3 is 24.0 Å². The van der Waals surface area contributed by atoms with Crippen molar-refractivity contribution in [1.82, 2.24) is 24.3 Å². The maximum absolute atomic E-state index is 15.7. The molecule has 254 valence electrons. The molecule has 4 aliphatic rings. The third-order valence-electron chi connectivity index (χ3n) is 9.61. The van der Waals surface area contributed by atoms with Crippen molar-refractivity contribution in [2.24, 2.45) is 5.41 Å². The lowest BCUT2D eigenvalue weighted by Gasteiger charge is -2.60. The second kappa shape index (κ2) is 11.4. The maximum atomic E-state index is 15.7. The van der Waals surface area contributed by atoms with Crippen LogP contribution in [0, 0.1) is 11.2 Å². The highest BCUT2D eigenvalue weighted by molar-refractivity contribution is 7.13. The molecule has 11 nitrogen and oxygen atoms in total. The van der Waals surface area contributed by atoms with Crippen LogP contribution in [0.4, 0.5) is 24.4 Å². The first kappa shape index (κ1) is 31.4. The second-order valence-corrected chi connectivity index (χ2v) is 15.3. The molecule has 0 radical (unpaired) electrons. The predicted octanol–water partition coefficient (Wildman–Crippen LogP) is 5.43. The number of hydrogen-bond donors (Lipinski definition) is 1. The molecule has 14 heteroatoms. The molecule has 8 rings (SSSR count). The number of anilines is 2. The molecule has 2 aromatic carbocycles. The summed E-state index contributed by atoms with van der Waals surface area (Å²) in [4.78, 5) is 53.9. The Morgan fingerprint density at radius 2 is 1.84 bits per heavy atom. The molecule has 2 fully saturated rings. The predicted molar refractivity (Wildman–Crippen MR) is 178 cm³/mol. The third kappa shape index (κ3) is 5.61. The fourth-order valence-corrected chi connectivity index (χ4v) is 7.91. The average molecular weight is 688 g/mol. The van der Waals surface area contributed by atoms with Gasteiger partial charge in [0.2, 0.25) is 0 Å². The number of benzene rings is 2. The minimum Gasteiger partial charge on any atom is -0.444 e. The molecule has 2 atom stereocenters. The molecular formula is C35H35F2N7O4S. The minimum atomic E-state index is -1.21. The summed E-state index contributed by atoms with van der Waals surface area (Å²) in [5, 5.41) is 4.81. The molecule has 49 heavy (non-hydrogen) atoms. The number of hydrogen-bond acceptors (Lipinski definition) is 8. The van der Waals surface area contributed by atoms with E-state index in [9.17, 15) is 18.8 Å². The van der Waals surface area contributed by atoms with Crippen LogP contribution in [0.5, 0.6) is 0 Å². The molecule has 4 aliphatic heterocycles. The van der Waals surface area contributed by atoms with Crippen LogP contribution in [0.15, 0.2) is 54.3 Å². The number of imidazole rings is 1. The Morgan fingerprint density at radius 3 is 2.53 bits per heavy atom. The number of alkyl halides is 1. The largest absolute Gasteiger partial charge is 0.444 e. The highest BCUT2D eigenvalue weighted by Gasteiger charge is 2.54. The van der Waals surface area contributed by atoms with Gasteiger partial charge in [0.05, 0.1) is 25.1 Å². The summed E-state index contributed by atoms with van der Waals surface area (Å²) in [5.74, 6) is -1.60. The van der Waals surface area contributed by atoms with Gasteiger partial charge in [0.1, 0.15) is 17.6 Å². The van der Waals surface area contributed by atoms with E-state index in [2.05, 4.69) is 20.2 Å². The molecular weight excluding hydrogens is 652 g/mol. The summed E-state index contributed by atoms with van der Waals surface area (Å²) in [6.45, 7) is 8.56. The van der Waals surface area contributed by atoms with Crippen LogP contribution in [-0.4, -0.2) is 80.2 Å². The number of halogens is 2. The first-order chi connectivity index (χ1) is 23.4. The summed E-state index contributed by atoms with van der Waals surface area (Å²) in [6.07, 6.45) is 1.70. The van der Waals surface area contributed by atoms with Crippen molar-refractivity contribution in [2.45, 2.75) is 58.1 Å². The lowest BCUT2D eigenvalue weighted by molar-refractivity contribution is -0.121. The Labute approximate surface area is 285 Å². The van der Waals surface area contributed by atoms with E-state index >= 15 is 4.39 Å². The van der Waals surface area contributed by atoms with E-state index < -0.39 is 35.4 Å². The zero-order valence-electron chi connectivity index (χ0n) is 27.3. The van der Waals surface area contributed by atoms with Gasteiger partial charge in [0.15, 0.2) is 11.2 Å². The summed E-state index contributed by atoms with van der Waals surface area (Å²) >= 11 is 1.22. The average Bonchev–Trinajstić information content (AvgIpc) is 3.79. The van der Waals surface area contributed by atoms with Gasteiger partial charge in [-0.05, 0) is 56.2 Å². The van der Waals surface area contributed by atoms with Crippen LogP contribution < -0.4 is 10.2 Å². The molecule has 1 spiro atoms. The zero-order valence-corrected chi connectivity index (χ0v) is 28.1. The van der Waals surface area contributed by atoms with Gasteiger partial charge in [-0.3, -0.25) is 14.9 Å². The second-order valence-electron chi connectivity index (χ2n) is 14.4. The zero-order chi connectivity index (χ0) is 34.2. The molecule has 3 amide bonds. The Hall–Kier alpha value is -4.85. The topological polar surface area (TPSA) is 113 Å². The van der Waals surface area contributed by atoms with Gasteiger partial charge in [-0.25, -0.2) is 23.5 Å². The molecule has 0 saturated carbocycles. The van der Waals surface area contributed by atoms with Gasteiger partial charge in [0.25, 0.3) is 11.8 Å². The van der Waals surface area contributed by atoms with Gasteiger partial charge in [-0.2, -0.15) is 0 Å². The minimum absolute atomic E-state index is 0.0722. The normalized spacial score (nSPS) is 19.7. The highest BCUT2D eigenvalue weighted by atomic mass is 32.1. The molecule has 2 aromatic heterocycles. The number of rotatable bonds is 6.